The molecule has 26 heavy (non-hydrogen) atoms. The summed E-state index contributed by atoms with van der Waals surface area (Å²) in [4.78, 5) is 20.3. The highest BCUT2D eigenvalue weighted by atomic mass is 35.5. The molecule has 0 spiro atoms. The summed E-state index contributed by atoms with van der Waals surface area (Å²) in [6.07, 6.45) is -0.0235. The summed E-state index contributed by atoms with van der Waals surface area (Å²) >= 11 is 18.1. The molecule has 0 bridgehead atoms. The highest BCUT2D eigenvalue weighted by Gasteiger charge is 2.19. The lowest BCUT2D eigenvalue weighted by atomic mass is 10.2. The molecule has 0 radical (unpaired) electrons. The van der Waals surface area contributed by atoms with Gasteiger partial charge in [-0.1, -0.05) is 34.8 Å². The highest BCUT2D eigenvalue weighted by molar-refractivity contribution is 6.38. The molecule has 0 aliphatic rings. The molecule has 10 heteroatoms. The molecular formula is C16H10Cl3N5O2. The number of halogens is 3. The number of carbonyl (C=O) groups is 1. The van der Waals surface area contributed by atoms with Gasteiger partial charge in [0.25, 0.3) is 0 Å². The molecule has 1 N–H and O–H groups in total. The molecule has 0 atom stereocenters. The summed E-state index contributed by atoms with van der Waals surface area (Å²) in [5.41, 5.74) is 0.986. The second-order valence-corrected chi connectivity index (χ2v) is 6.48. The Hall–Kier alpha value is -2.53. The van der Waals surface area contributed by atoms with Gasteiger partial charge in [-0.05, 0) is 18.2 Å². The third-order valence-electron chi connectivity index (χ3n) is 3.72. The van der Waals surface area contributed by atoms with Crippen molar-refractivity contribution in [1.82, 2.24) is 14.5 Å². The van der Waals surface area contributed by atoms with E-state index < -0.39 is 6.09 Å². The number of nitrogens with zero attached hydrogens (tertiary/aromatic N) is 5. The Morgan fingerprint density at radius 1 is 1.23 bits per heavy atom. The lowest BCUT2D eigenvalue weighted by molar-refractivity contribution is 0.201. The lowest BCUT2D eigenvalue weighted by Crippen LogP contribution is -2.33. The van der Waals surface area contributed by atoms with Gasteiger partial charge in [-0.25, -0.2) is 14.8 Å². The van der Waals surface area contributed by atoms with Gasteiger partial charge in [-0.15, -0.1) is 0 Å². The first-order valence-corrected chi connectivity index (χ1v) is 8.40. The normalized spacial score (nSPS) is 10.7. The summed E-state index contributed by atoms with van der Waals surface area (Å²) in [7, 11) is 0. The molecule has 1 aromatic carbocycles. The van der Waals surface area contributed by atoms with Crippen molar-refractivity contribution in [3.63, 3.8) is 0 Å². The van der Waals surface area contributed by atoms with Crippen molar-refractivity contribution in [2.45, 2.75) is 6.54 Å². The van der Waals surface area contributed by atoms with E-state index in [0.717, 1.165) is 4.90 Å². The summed E-state index contributed by atoms with van der Waals surface area (Å²) in [5.74, 6) is 0.142. The van der Waals surface area contributed by atoms with Crippen LogP contribution in [0.15, 0.2) is 30.6 Å². The van der Waals surface area contributed by atoms with Crippen LogP contribution >= 0.6 is 34.8 Å². The maximum Gasteiger partial charge on any atom is 0.413 e. The second-order valence-electron chi connectivity index (χ2n) is 5.25. The predicted octanol–water partition coefficient (Wildman–Crippen LogP) is 4.45. The molecule has 0 unspecified atom stereocenters. The number of anilines is 1. The Morgan fingerprint density at radius 3 is 2.65 bits per heavy atom. The molecule has 3 aromatic rings. The minimum Gasteiger partial charge on any atom is -0.465 e. The number of aromatic nitrogens is 3. The summed E-state index contributed by atoms with van der Waals surface area (Å²) in [5, 5.41) is 20.5. The van der Waals surface area contributed by atoms with Gasteiger partial charge in [0.15, 0.2) is 0 Å². The first-order chi connectivity index (χ1) is 12.4. The third kappa shape index (κ3) is 3.53. The van der Waals surface area contributed by atoms with E-state index in [-0.39, 0.29) is 24.1 Å². The number of fused-ring (bicyclic) bond motifs is 1. The second kappa shape index (κ2) is 7.38. The molecule has 0 saturated heterocycles. The molecule has 132 valence electrons. The molecule has 3 rings (SSSR count). The Kier molecular flexibility index (Phi) is 5.18. The zero-order chi connectivity index (χ0) is 18.8. The Labute approximate surface area is 163 Å². The zero-order valence-corrected chi connectivity index (χ0v) is 15.3. The van der Waals surface area contributed by atoms with E-state index in [0.29, 0.717) is 26.6 Å². The van der Waals surface area contributed by atoms with Crippen LogP contribution in [0.2, 0.25) is 15.2 Å². The van der Waals surface area contributed by atoms with Crippen molar-refractivity contribution < 1.29 is 9.90 Å². The Balaban J connectivity index is 1.98. The van der Waals surface area contributed by atoms with Gasteiger partial charge >= 0.3 is 6.09 Å². The van der Waals surface area contributed by atoms with E-state index in [1.165, 1.54) is 12.4 Å². The molecule has 0 fully saturated rings. The van der Waals surface area contributed by atoms with Crippen LogP contribution in [0.5, 0.6) is 0 Å². The largest absolute Gasteiger partial charge is 0.465 e. The quantitative estimate of drug-likeness (QED) is 0.641. The summed E-state index contributed by atoms with van der Waals surface area (Å²) in [6, 6.07) is 8.33. The Morgan fingerprint density at radius 2 is 2.00 bits per heavy atom. The van der Waals surface area contributed by atoms with Crippen molar-refractivity contribution in [3.05, 3.63) is 51.5 Å². The van der Waals surface area contributed by atoms with Crippen LogP contribution in [0.1, 0.15) is 5.69 Å². The average molecular weight is 411 g/mol. The average Bonchev–Trinajstić information content (AvgIpc) is 2.93. The number of amides is 1. The van der Waals surface area contributed by atoms with Crippen molar-refractivity contribution in [2.75, 3.05) is 11.4 Å². The van der Waals surface area contributed by atoms with Gasteiger partial charge in [-0.3, -0.25) is 4.90 Å². The first kappa shape index (κ1) is 18.3. The molecule has 1 amide bonds. The molecule has 2 heterocycles. The van der Waals surface area contributed by atoms with Gasteiger partial charge in [0.2, 0.25) is 0 Å². The van der Waals surface area contributed by atoms with Gasteiger partial charge < -0.3 is 9.67 Å². The van der Waals surface area contributed by atoms with Crippen molar-refractivity contribution in [1.29, 1.82) is 5.26 Å². The maximum absolute atomic E-state index is 11.6. The maximum atomic E-state index is 11.6. The van der Waals surface area contributed by atoms with Crippen LogP contribution in [0.4, 0.5) is 10.6 Å². The van der Waals surface area contributed by atoms with Crippen LogP contribution in [0.25, 0.3) is 10.9 Å². The van der Waals surface area contributed by atoms with Crippen molar-refractivity contribution in [3.8, 4) is 6.07 Å². The molecule has 7 nitrogen and oxygen atoms in total. The zero-order valence-electron chi connectivity index (χ0n) is 13.0. The lowest BCUT2D eigenvalue weighted by Gasteiger charge is -2.19. The van der Waals surface area contributed by atoms with Gasteiger partial charge in [0.05, 0.1) is 10.5 Å². The fourth-order valence-corrected chi connectivity index (χ4v) is 3.27. The predicted molar refractivity (Wildman–Crippen MR) is 99.1 cm³/mol. The number of benzene rings is 1. The van der Waals surface area contributed by atoms with E-state index in [9.17, 15) is 15.2 Å². The van der Waals surface area contributed by atoms with Gasteiger partial charge in [0, 0.05) is 29.6 Å². The fourth-order valence-electron chi connectivity index (χ4n) is 2.60. The molecule has 0 aliphatic carbocycles. The monoisotopic (exact) mass is 409 g/mol. The van der Waals surface area contributed by atoms with Gasteiger partial charge in [0.1, 0.15) is 29.1 Å². The highest BCUT2D eigenvalue weighted by Crippen LogP contribution is 2.30. The van der Waals surface area contributed by atoms with Crippen LogP contribution < -0.4 is 4.90 Å². The van der Waals surface area contributed by atoms with Crippen LogP contribution in [-0.4, -0.2) is 32.3 Å². The minimum absolute atomic E-state index is 0.0330. The molecule has 0 saturated carbocycles. The van der Waals surface area contributed by atoms with Gasteiger partial charge in [-0.2, -0.15) is 5.26 Å². The van der Waals surface area contributed by atoms with E-state index in [2.05, 4.69) is 16.0 Å². The van der Waals surface area contributed by atoms with Crippen molar-refractivity contribution in [2.24, 2.45) is 0 Å². The van der Waals surface area contributed by atoms with E-state index in [4.69, 9.17) is 34.8 Å². The number of hydrogen-bond acceptors (Lipinski definition) is 4. The standard InChI is InChI=1S/C16H10Cl3N5O2/c17-9-3-12(18)11-5-10(7-20)23(13(11)4-9)1-2-24(16(25)26)15-6-14(19)21-8-22-15/h3-6,8H,1-2H2,(H,25,26). The summed E-state index contributed by atoms with van der Waals surface area (Å²) < 4.78 is 1.66. The van der Waals surface area contributed by atoms with E-state index >= 15 is 0 Å². The molecular weight excluding hydrogens is 401 g/mol. The number of hydrogen-bond donors (Lipinski definition) is 1. The van der Waals surface area contributed by atoms with E-state index in [1.807, 2.05) is 0 Å². The van der Waals surface area contributed by atoms with Crippen LogP contribution in [-0.2, 0) is 6.54 Å². The Bertz CT molecular complexity index is 1040. The molecule has 2 aromatic heterocycles. The SMILES string of the molecule is N#Cc1cc2c(Cl)cc(Cl)cc2n1CCN(C(=O)O)c1cc(Cl)ncn1. The summed E-state index contributed by atoms with van der Waals surface area (Å²) in [6.45, 7) is 0.224. The first-order valence-electron chi connectivity index (χ1n) is 7.27. The number of nitriles is 1. The topological polar surface area (TPSA) is 95.0 Å². The smallest absolute Gasteiger partial charge is 0.413 e. The number of carboxylic acid groups (broad SMARTS) is 1. The fraction of sp³-hybridized carbons (Fsp3) is 0.125. The van der Waals surface area contributed by atoms with Crippen LogP contribution in [0.3, 0.4) is 0 Å². The minimum atomic E-state index is -1.20. The third-order valence-corrected chi connectivity index (χ3v) is 4.46. The number of rotatable bonds is 4. The van der Waals surface area contributed by atoms with E-state index in [1.54, 1.807) is 22.8 Å². The van der Waals surface area contributed by atoms with Crippen LogP contribution in [0, 0.1) is 11.3 Å². The molecule has 0 aliphatic heterocycles. The van der Waals surface area contributed by atoms with Crippen molar-refractivity contribution >= 4 is 57.6 Å².